The summed E-state index contributed by atoms with van der Waals surface area (Å²) in [6.45, 7) is 4.32. The van der Waals surface area contributed by atoms with E-state index in [4.69, 9.17) is 0 Å². The van der Waals surface area contributed by atoms with Crippen molar-refractivity contribution in [2.75, 3.05) is 19.6 Å². The summed E-state index contributed by atoms with van der Waals surface area (Å²) in [6, 6.07) is 8.01. The molecule has 31 heavy (non-hydrogen) atoms. The van der Waals surface area contributed by atoms with Crippen LogP contribution in [0.3, 0.4) is 0 Å². The van der Waals surface area contributed by atoms with E-state index in [2.05, 4.69) is 16.8 Å². The number of nitrogens with zero attached hydrogens (tertiary/aromatic N) is 4. The Bertz CT molecular complexity index is 978. The number of likely N-dealkylation sites (tertiary alicyclic amines) is 2. The van der Waals surface area contributed by atoms with E-state index >= 15 is 0 Å². The standard InChI is InChI=1S/C25H32N4O2/c1-18-4-6-19(7-5-18)12-23(30)29-16-25(13-22(29)21-15-27(2)17-26-21)10-3-11-28(24(25)31)14-20-8-9-20/h4-7,15,17,20,22H,3,8-14,16H2,1-2H3/t22-,25+/m1/s1. The van der Waals surface area contributed by atoms with E-state index in [0.29, 0.717) is 25.3 Å². The van der Waals surface area contributed by atoms with E-state index < -0.39 is 5.41 Å². The fourth-order valence-corrected chi connectivity index (χ4v) is 5.37. The number of carbonyl (C=O) groups excluding carboxylic acids is 2. The van der Waals surface area contributed by atoms with Gasteiger partial charge in [0.05, 0.1) is 29.9 Å². The highest BCUT2D eigenvalue weighted by Crippen LogP contribution is 2.49. The second kappa shape index (κ2) is 7.81. The van der Waals surface area contributed by atoms with Gasteiger partial charge in [0.2, 0.25) is 11.8 Å². The third-order valence-corrected chi connectivity index (χ3v) is 7.30. The molecule has 1 aliphatic carbocycles. The van der Waals surface area contributed by atoms with Gasteiger partial charge in [-0.25, -0.2) is 4.98 Å². The van der Waals surface area contributed by atoms with Crippen LogP contribution in [-0.2, 0) is 23.1 Å². The Morgan fingerprint density at radius 3 is 2.68 bits per heavy atom. The van der Waals surface area contributed by atoms with E-state index in [9.17, 15) is 9.59 Å². The van der Waals surface area contributed by atoms with Gasteiger partial charge in [-0.2, -0.15) is 0 Å². The molecule has 2 saturated heterocycles. The van der Waals surface area contributed by atoms with Gasteiger partial charge in [0.25, 0.3) is 0 Å². The molecule has 0 bridgehead atoms. The van der Waals surface area contributed by atoms with Crippen LogP contribution in [0.15, 0.2) is 36.8 Å². The number of hydrogen-bond acceptors (Lipinski definition) is 3. The predicted molar refractivity (Wildman–Crippen MR) is 118 cm³/mol. The lowest BCUT2D eigenvalue weighted by atomic mass is 9.76. The summed E-state index contributed by atoms with van der Waals surface area (Å²) in [5.74, 6) is 1.03. The average molecular weight is 421 g/mol. The maximum absolute atomic E-state index is 13.6. The van der Waals surface area contributed by atoms with Crippen molar-refractivity contribution in [3.05, 3.63) is 53.6 Å². The van der Waals surface area contributed by atoms with Crippen molar-refractivity contribution < 1.29 is 9.59 Å². The lowest BCUT2D eigenvalue weighted by molar-refractivity contribution is -0.146. The first-order valence-electron chi connectivity index (χ1n) is 11.6. The minimum absolute atomic E-state index is 0.0866. The van der Waals surface area contributed by atoms with E-state index in [1.165, 1.54) is 18.4 Å². The molecule has 6 nitrogen and oxygen atoms in total. The number of amides is 2. The van der Waals surface area contributed by atoms with Crippen molar-refractivity contribution in [2.24, 2.45) is 18.4 Å². The largest absolute Gasteiger partial charge is 0.342 e. The van der Waals surface area contributed by atoms with Crippen LogP contribution in [0.25, 0.3) is 0 Å². The Balaban J connectivity index is 1.41. The lowest BCUT2D eigenvalue weighted by Crippen LogP contribution is -2.51. The normalized spacial score (nSPS) is 26.1. The van der Waals surface area contributed by atoms with E-state index in [1.54, 1.807) is 6.33 Å². The minimum Gasteiger partial charge on any atom is -0.342 e. The first-order valence-corrected chi connectivity index (χ1v) is 11.6. The number of carbonyl (C=O) groups is 2. The van der Waals surface area contributed by atoms with Crippen LogP contribution in [-0.4, -0.2) is 50.8 Å². The van der Waals surface area contributed by atoms with Gasteiger partial charge in [-0.15, -0.1) is 0 Å². The predicted octanol–water partition coefficient (Wildman–Crippen LogP) is 3.26. The second-order valence-corrected chi connectivity index (χ2v) is 9.95. The zero-order valence-electron chi connectivity index (χ0n) is 18.6. The zero-order chi connectivity index (χ0) is 21.6. The molecule has 164 valence electrons. The topological polar surface area (TPSA) is 58.4 Å². The monoisotopic (exact) mass is 420 g/mol. The van der Waals surface area contributed by atoms with Gasteiger partial charge < -0.3 is 14.4 Å². The first-order chi connectivity index (χ1) is 14.9. The summed E-state index contributed by atoms with van der Waals surface area (Å²) in [4.78, 5) is 35.7. The van der Waals surface area contributed by atoms with Gasteiger partial charge in [0.15, 0.2) is 0 Å². The number of aromatic nitrogens is 2. The first kappa shape index (κ1) is 20.3. The molecule has 1 aromatic carbocycles. The van der Waals surface area contributed by atoms with Crippen LogP contribution in [0.5, 0.6) is 0 Å². The molecule has 0 unspecified atom stereocenters. The third kappa shape index (κ3) is 4.00. The van der Waals surface area contributed by atoms with E-state index in [-0.39, 0.29) is 17.9 Å². The molecule has 2 aliphatic heterocycles. The number of aryl methyl sites for hydroxylation is 2. The summed E-state index contributed by atoms with van der Waals surface area (Å²) in [7, 11) is 1.95. The van der Waals surface area contributed by atoms with Gasteiger partial charge in [-0.1, -0.05) is 29.8 Å². The average Bonchev–Trinajstić information content (AvgIpc) is 3.33. The summed E-state index contributed by atoms with van der Waals surface area (Å²) < 4.78 is 1.92. The van der Waals surface area contributed by atoms with Crippen molar-refractivity contribution in [1.29, 1.82) is 0 Å². The van der Waals surface area contributed by atoms with E-state index in [1.807, 2.05) is 47.0 Å². The lowest BCUT2D eigenvalue weighted by Gasteiger charge is -2.39. The van der Waals surface area contributed by atoms with Crippen LogP contribution >= 0.6 is 0 Å². The molecule has 1 aromatic heterocycles. The highest BCUT2D eigenvalue weighted by Gasteiger charge is 2.54. The summed E-state index contributed by atoms with van der Waals surface area (Å²) >= 11 is 0. The Labute approximate surface area is 184 Å². The number of benzene rings is 1. The number of rotatable bonds is 5. The van der Waals surface area contributed by atoms with Crippen molar-refractivity contribution in [1.82, 2.24) is 19.4 Å². The molecule has 3 heterocycles. The summed E-state index contributed by atoms with van der Waals surface area (Å²) in [5.41, 5.74) is 2.63. The molecular weight excluding hydrogens is 388 g/mol. The SMILES string of the molecule is Cc1ccc(CC(=O)N2C[C@]3(CCCN(CC4CC4)C3=O)C[C@@H]2c2cn(C)cn2)cc1. The smallest absolute Gasteiger partial charge is 0.230 e. The number of hydrogen-bond donors (Lipinski definition) is 0. The van der Waals surface area contributed by atoms with Crippen LogP contribution < -0.4 is 0 Å². The zero-order valence-corrected chi connectivity index (χ0v) is 18.6. The highest BCUT2D eigenvalue weighted by atomic mass is 16.2. The molecule has 0 radical (unpaired) electrons. The maximum Gasteiger partial charge on any atom is 0.230 e. The molecule has 1 spiro atoms. The van der Waals surface area contributed by atoms with Crippen molar-refractivity contribution >= 4 is 11.8 Å². The maximum atomic E-state index is 13.6. The molecular formula is C25H32N4O2. The fourth-order valence-electron chi connectivity index (χ4n) is 5.37. The highest BCUT2D eigenvalue weighted by molar-refractivity contribution is 5.87. The Morgan fingerprint density at radius 1 is 1.23 bits per heavy atom. The van der Waals surface area contributed by atoms with Gasteiger partial charge in [0, 0.05) is 32.9 Å². The molecule has 5 rings (SSSR count). The fraction of sp³-hybridized carbons (Fsp3) is 0.560. The summed E-state index contributed by atoms with van der Waals surface area (Å²) in [6.07, 6.45) is 9.19. The number of imidazole rings is 1. The van der Waals surface area contributed by atoms with Crippen LogP contribution in [0.4, 0.5) is 0 Å². The second-order valence-electron chi connectivity index (χ2n) is 9.95. The van der Waals surface area contributed by atoms with Gasteiger partial charge in [0.1, 0.15) is 0 Å². The van der Waals surface area contributed by atoms with E-state index in [0.717, 1.165) is 37.2 Å². The Kier molecular flexibility index (Phi) is 5.11. The van der Waals surface area contributed by atoms with Crippen LogP contribution in [0, 0.1) is 18.3 Å². The Morgan fingerprint density at radius 2 is 2.00 bits per heavy atom. The quantitative estimate of drug-likeness (QED) is 0.746. The molecule has 0 N–H and O–H groups in total. The summed E-state index contributed by atoms with van der Waals surface area (Å²) in [5, 5.41) is 0. The molecule has 2 atom stereocenters. The molecule has 2 aromatic rings. The van der Waals surface area contributed by atoms with Crippen molar-refractivity contribution in [3.8, 4) is 0 Å². The molecule has 3 aliphatic rings. The van der Waals surface area contributed by atoms with Gasteiger partial charge >= 0.3 is 0 Å². The van der Waals surface area contributed by atoms with Crippen LogP contribution in [0.1, 0.15) is 55.0 Å². The Hall–Kier alpha value is -2.63. The molecule has 3 fully saturated rings. The third-order valence-electron chi connectivity index (χ3n) is 7.30. The van der Waals surface area contributed by atoms with Crippen LogP contribution in [0.2, 0.25) is 0 Å². The minimum atomic E-state index is -0.460. The van der Waals surface area contributed by atoms with Gasteiger partial charge in [-0.05, 0) is 50.5 Å². The van der Waals surface area contributed by atoms with Crippen molar-refractivity contribution in [3.63, 3.8) is 0 Å². The van der Waals surface area contributed by atoms with Gasteiger partial charge in [-0.3, -0.25) is 9.59 Å². The molecule has 1 saturated carbocycles. The van der Waals surface area contributed by atoms with Crippen molar-refractivity contribution in [2.45, 2.75) is 51.5 Å². The molecule has 2 amide bonds. The molecule has 6 heteroatoms. The number of piperidine rings is 1.